The van der Waals surface area contributed by atoms with Crippen LogP contribution in [0.4, 0.5) is 0 Å². The number of hydrogen-bond acceptors (Lipinski definition) is 6. The van der Waals surface area contributed by atoms with Crippen LogP contribution >= 0.6 is 0 Å². The van der Waals surface area contributed by atoms with E-state index >= 15 is 0 Å². The van der Waals surface area contributed by atoms with E-state index in [9.17, 15) is 9.59 Å². The molecule has 0 aliphatic carbocycles. The van der Waals surface area contributed by atoms with Crippen molar-refractivity contribution in [2.24, 2.45) is 0 Å². The largest absolute Gasteiger partial charge is 0.465 e. The van der Waals surface area contributed by atoms with Crippen molar-refractivity contribution in [3.05, 3.63) is 48.0 Å². The smallest absolute Gasteiger partial charge is 0.338 e. The highest BCUT2D eigenvalue weighted by molar-refractivity contribution is 6.02. The molecule has 6 nitrogen and oxygen atoms in total. The van der Waals surface area contributed by atoms with Gasteiger partial charge < -0.3 is 19.7 Å². The lowest BCUT2D eigenvalue weighted by Gasteiger charge is -2.04. The van der Waals surface area contributed by atoms with E-state index in [4.69, 9.17) is 10.2 Å². The molecular weight excluding hydrogens is 300 g/mol. The molecule has 0 atom stereocenters. The van der Waals surface area contributed by atoms with Crippen LogP contribution in [0, 0.1) is 0 Å². The van der Waals surface area contributed by atoms with Gasteiger partial charge in [-0.1, -0.05) is 31.6 Å². The number of rotatable bonds is 4. The molecule has 130 valence electrons. The molecule has 2 N–H and O–H groups in total. The highest BCUT2D eigenvalue weighted by atomic mass is 16.5. The number of carbonyl (C=O) groups excluding carboxylic acids is 2. The zero-order chi connectivity index (χ0) is 18.3. The second kappa shape index (κ2) is 14.7. The average molecular weight is 326 g/mol. The number of hydrogen-bond donors (Lipinski definition) is 2. The molecule has 0 amide bonds. The maximum atomic E-state index is 11.2. The lowest BCUT2D eigenvalue weighted by Crippen LogP contribution is -2.11. The summed E-state index contributed by atoms with van der Waals surface area (Å²) in [6, 6.07) is 6.33. The van der Waals surface area contributed by atoms with E-state index in [0.29, 0.717) is 6.42 Å². The molecular formula is C17H26O6. The van der Waals surface area contributed by atoms with Crippen LogP contribution in [0.3, 0.4) is 0 Å². The van der Waals surface area contributed by atoms with Gasteiger partial charge in [0.25, 0.3) is 0 Å². The zero-order valence-electron chi connectivity index (χ0n) is 14.1. The molecule has 0 bridgehead atoms. The van der Waals surface area contributed by atoms with Crippen molar-refractivity contribution in [1.29, 1.82) is 0 Å². The summed E-state index contributed by atoms with van der Waals surface area (Å²) < 4.78 is 9.05. The Morgan fingerprint density at radius 3 is 1.65 bits per heavy atom. The van der Waals surface area contributed by atoms with Crippen LogP contribution in [-0.4, -0.2) is 42.7 Å². The molecule has 23 heavy (non-hydrogen) atoms. The lowest BCUT2D eigenvalue weighted by molar-refractivity contribution is -0.0453. The van der Waals surface area contributed by atoms with Crippen LogP contribution in [0.2, 0.25) is 0 Å². The molecule has 6 heteroatoms. The minimum atomic E-state index is -1.10. The summed E-state index contributed by atoms with van der Waals surface area (Å²) in [7, 11) is 2.52. The van der Waals surface area contributed by atoms with E-state index in [0.717, 1.165) is 6.42 Å². The van der Waals surface area contributed by atoms with E-state index in [-0.39, 0.29) is 11.1 Å². The summed E-state index contributed by atoms with van der Waals surface area (Å²) in [6.45, 7) is 7.15. The summed E-state index contributed by atoms with van der Waals surface area (Å²) in [5, 5.41) is 16.2. The Labute approximate surface area is 137 Å². The van der Waals surface area contributed by atoms with Gasteiger partial charge in [-0.25, -0.2) is 9.59 Å². The summed E-state index contributed by atoms with van der Waals surface area (Å²) >= 11 is 0. The normalized spacial score (nSPS) is 8.83. The van der Waals surface area contributed by atoms with Crippen molar-refractivity contribution in [2.75, 3.05) is 14.2 Å². The van der Waals surface area contributed by atoms with Gasteiger partial charge in [0.2, 0.25) is 0 Å². The van der Waals surface area contributed by atoms with Crippen molar-refractivity contribution in [2.45, 2.75) is 33.0 Å². The van der Waals surface area contributed by atoms with Gasteiger partial charge in [0, 0.05) is 0 Å². The Balaban J connectivity index is 0. The van der Waals surface area contributed by atoms with Crippen molar-refractivity contribution in [3.8, 4) is 0 Å². The monoisotopic (exact) mass is 326 g/mol. The van der Waals surface area contributed by atoms with Gasteiger partial charge in [-0.15, -0.1) is 6.58 Å². The summed E-state index contributed by atoms with van der Waals surface area (Å²) in [4.78, 5) is 22.4. The summed E-state index contributed by atoms with van der Waals surface area (Å²) in [6.07, 6.45) is 1.97. The number of allylic oxidation sites excluding steroid dienone is 1. The molecule has 1 rings (SSSR count). The fraction of sp³-hybridized carbons (Fsp3) is 0.412. The third kappa shape index (κ3) is 11.1. The van der Waals surface area contributed by atoms with Crippen LogP contribution < -0.4 is 0 Å². The number of methoxy groups -OCH3 is 2. The topological polar surface area (TPSA) is 93.1 Å². The Morgan fingerprint density at radius 1 is 1.13 bits per heavy atom. The molecule has 1 aromatic rings. The Kier molecular flexibility index (Phi) is 14.8. The molecule has 0 aliphatic heterocycles. The molecule has 0 aromatic heterocycles. The van der Waals surface area contributed by atoms with Gasteiger partial charge in [0.15, 0.2) is 6.29 Å². The quantitative estimate of drug-likeness (QED) is 0.502. The summed E-state index contributed by atoms with van der Waals surface area (Å²) in [5.74, 6) is -1.10. The third-order valence-electron chi connectivity index (χ3n) is 2.28. The fourth-order valence-electron chi connectivity index (χ4n) is 1.32. The van der Waals surface area contributed by atoms with Gasteiger partial charge in [-0.05, 0) is 25.5 Å². The maximum absolute atomic E-state index is 11.2. The van der Waals surface area contributed by atoms with Gasteiger partial charge >= 0.3 is 11.9 Å². The molecule has 0 unspecified atom stereocenters. The number of esters is 2. The first-order valence-corrected chi connectivity index (χ1v) is 7.08. The third-order valence-corrected chi connectivity index (χ3v) is 2.28. The van der Waals surface area contributed by atoms with E-state index in [1.165, 1.54) is 26.4 Å². The summed E-state index contributed by atoms with van der Waals surface area (Å²) in [5.41, 5.74) is 0.420. The van der Waals surface area contributed by atoms with Crippen molar-refractivity contribution in [3.63, 3.8) is 0 Å². The fourth-order valence-corrected chi connectivity index (χ4v) is 1.32. The lowest BCUT2D eigenvalue weighted by atomic mass is 10.1. The number of aliphatic hydroxyl groups is 2. The first-order chi connectivity index (χ1) is 10.9. The molecule has 0 saturated carbocycles. The van der Waals surface area contributed by atoms with E-state index in [1.54, 1.807) is 18.2 Å². The molecule has 0 spiro atoms. The molecule has 0 saturated heterocycles. The maximum Gasteiger partial charge on any atom is 0.338 e. The number of ether oxygens (including phenoxy) is 2. The molecule has 0 aliphatic rings. The molecule has 0 fully saturated rings. The van der Waals surface area contributed by atoms with Gasteiger partial charge in [0.1, 0.15) is 0 Å². The highest BCUT2D eigenvalue weighted by Gasteiger charge is 2.16. The Morgan fingerprint density at radius 2 is 1.48 bits per heavy atom. The van der Waals surface area contributed by atoms with Gasteiger partial charge in [-0.2, -0.15) is 0 Å². The van der Waals surface area contributed by atoms with Crippen molar-refractivity contribution < 1.29 is 29.3 Å². The van der Waals surface area contributed by atoms with Crippen LogP contribution in [0.25, 0.3) is 0 Å². The number of carbonyl (C=O) groups is 2. The minimum Gasteiger partial charge on any atom is -0.465 e. The average Bonchev–Trinajstić information content (AvgIpc) is 2.54. The van der Waals surface area contributed by atoms with Crippen LogP contribution in [-0.2, 0) is 9.47 Å². The second-order valence-electron chi connectivity index (χ2n) is 4.21. The molecule has 1 aromatic carbocycles. The van der Waals surface area contributed by atoms with Gasteiger partial charge in [-0.3, -0.25) is 0 Å². The van der Waals surface area contributed by atoms with Crippen LogP contribution in [0.5, 0.6) is 0 Å². The van der Waals surface area contributed by atoms with Crippen molar-refractivity contribution in [1.82, 2.24) is 0 Å². The standard InChI is InChI=1S/C10H10O4.C4H10O2.C3H6/c1-13-9(11)7-5-3-4-6-8(7)10(12)14-2;1-2-3-4(5)6;1-3-2/h3-6H,1-2H3;4-6H,2-3H2,1H3;3H,1H2,2H3. The van der Waals surface area contributed by atoms with E-state index < -0.39 is 18.2 Å². The number of aliphatic hydroxyl groups excluding tert-OH is 1. The predicted molar refractivity (Wildman–Crippen MR) is 88.1 cm³/mol. The molecule has 0 heterocycles. The van der Waals surface area contributed by atoms with Crippen LogP contribution in [0.1, 0.15) is 47.4 Å². The SMILES string of the molecule is C=CC.CCCC(O)O.COC(=O)c1ccccc1C(=O)OC. The predicted octanol–water partition coefficient (Wildman–Crippen LogP) is 2.55. The zero-order valence-corrected chi connectivity index (χ0v) is 14.1. The molecule has 0 radical (unpaired) electrons. The van der Waals surface area contributed by atoms with Gasteiger partial charge in [0.05, 0.1) is 25.3 Å². The minimum absolute atomic E-state index is 0.210. The van der Waals surface area contributed by atoms with Crippen molar-refractivity contribution >= 4 is 11.9 Å². The van der Waals surface area contributed by atoms with E-state index in [1.807, 2.05) is 13.8 Å². The number of benzene rings is 1. The Bertz CT molecular complexity index is 433. The highest BCUT2D eigenvalue weighted by Crippen LogP contribution is 2.10. The van der Waals surface area contributed by atoms with Crippen LogP contribution in [0.15, 0.2) is 36.9 Å². The second-order valence-corrected chi connectivity index (χ2v) is 4.21. The van der Waals surface area contributed by atoms with E-state index in [2.05, 4.69) is 16.1 Å². The first kappa shape index (κ1) is 23.1. The Hall–Kier alpha value is -2.18. The first-order valence-electron chi connectivity index (χ1n) is 7.08.